The van der Waals surface area contributed by atoms with E-state index in [9.17, 15) is 0 Å². The van der Waals surface area contributed by atoms with E-state index in [1.165, 1.54) is 0 Å². The van der Waals surface area contributed by atoms with Crippen molar-refractivity contribution in [2.75, 3.05) is 19.8 Å². The molecule has 1 N–H and O–H groups in total. The molecule has 1 aromatic heterocycles. The minimum atomic E-state index is 0.461. The average molecular weight is 247 g/mol. The van der Waals surface area contributed by atoms with E-state index in [1.54, 1.807) is 12.3 Å². The highest BCUT2D eigenvalue weighted by Crippen LogP contribution is 2.00. The van der Waals surface area contributed by atoms with Crippen molar-refractivity contribution in [2.45, 2.75) is 26.8 Å². The summed E-state index contributed by atoms with van der Waals surface area (Å²) in [6.45, 7) is 7.50. The van der Waals surface area contributed by atoms with E-state index in [4.69, 9.17) is 10.00 Å². The van der Waals surface area contributed by atoms with Crippen molar-refractivity contribution in [3.05, 3.63) is 29.6 Å². The summed E-state index contributed by atoms with van der Waals surface area (Å²) in [6, 6.07) is 5.74. The molecule has 4 heteroatoms. The van der Waals surface area contributed by atoms with E-state index in [0.29, 0.717) is 11.6 Å². The summed E-state index contributed by atoms with van der Waals surface area (Å²) in [5.74, 6) is 0.694. The van der Waals surface area contributed by atoms with Crippen LogP contribution in [0.3, 0.4) is 0 Å². The lowest BCUT2D eigenvalue weighted by Crippen LogP contribution is -2.19. The molecule has 0 radical (unpaired) electrons. The molecule has 4 nitrogen and oxygen atoms in total. The highest BCUT2D eigenvalue weighted by molar-refractivity contribution is 5.25. The normalized spacial score (nSPS) is 10.6. The third kappa shape index (κ3) is 6.33. The summed E-state index contributed by atoms with van der Waals surface area (Å²) in [5.41, 5.74) is 1.53. The second-order valence-electron chi connectivity index (χ2n) is 4.63. The number of nitrogens with zero attached hydrogens (tertiary/aromatic N) is 2. The molecule has 98 valence electrons. The molecule has 0 unspecified atom stereocenters. The third-order valence-corrected chi connectivity index (χ3v) is 2.53. The predicted octanol–water partition coefficient (Wildman–Crippen LogP) is 2.11. The molecule has 0 aliphatic carbocycles. The minimum absolute atomic E-state index is 0.461. The fourth-order valence-electron chi connectivity index (χ4n) is 1.44. The quantitative estimate of drug-likeness (QED) is 0.715. The fraction of sp³-hybridized carbons (Fsp3) is 0.571. The van der Waals surface area contributed by atoms with Crippen molar-refractivity contribution in [1.29, 1.82) is 5.26 Å². The van der Waals surface area contributed by atoms with Crippen molar-refractivity contribution in [1.82, 2.24) is 10.3 Å². The highest BCUT2D eigenvalue weighted by atomic mass is 16.5. The van der Waals surface area contributed by atoms with Crippen LogP contribution in [0.4, 0.5) is 0 Å². The minimum Gasteiger partial charge on any atom is -0.380 e. The topological polar surface area (TPSA) is 57.9 Å². The first-order valence-corrected chi connectivity index (χ1v) is 6.36. The van der Waals surface area contributed by atoms with Gasteiger partial charge in [-0.1, -0.05) is 13.8 Å². The smallest absolute Gasteiger partial charge is 0.140 e. The molecule has 0 amide bonds. The summed E-state index contributed by atoms with van der Waals surface area (Å²) in [5, 5.41) is 12.0. The van der Waals surface area contributed by atoms with Gasteiger partial charge in [0, 0.05) is 25.9 Å². The third-order valence-electron chi connectivity index (χ3n) is 2.53. The van der Waals surface area contributed by atoms with Gasteiger partial charge in [-0.25, -0.2) is 4.98 Å². The lowest BCUT2D eigenvalue weighted by molar-refractivity contribution is 0.125. The van der Waals surface area contributed by atoms with Crippen LogP contribution in [0.1, 0.15) is 31.5 Å². The van der Waals surface area contributed by atoms with Gasteiger partial charge in [0.15, 0.2) is 0 Å². The Hall–Kier alpha value is -1.44. The van der Waals surface area contributed by atoms with Crippen LogP contribution in [0.2, 0.25) is 0 Å². The van der Waals surface area contributed by atoms with E-state index in [0.717, 1.165) is 38.3 Å². The fourth-order valence-corrected chi connectivity index (χ4v) is 1.44. The zero-order chi connectivity index (χ0) is 13.2. The zero-order valence-electron chi connectivity index (χ0n) is 11.1. The predicted molar refractivity (Wildman–Crippen MR) is 70.9 cm³/mol. The molecular weight excluding hydrogens is 226 g/mol. The van der Waals surface area contributed by atoms with Gasteiger partial charge in [-0.05, 0) is 30.0 Å². The van der Waals surface area contributed by atoms with Crippen LogP contribution < -0.4 is 5.32 Å². The summed E-state index contributed by atoms with van der Waals surface area (Å²) in [6.07, 6.45) is 2.77. The van der Waals surface area contributed by atoms with Gasteiger partial charge >= 0.3 is 0 Å². The largest absolute Gasteiger partial charge is 0.380 e. The van der Waals surface area contributed by atoms with Crippen molar-refractivity contribution < 1.29 is 4.74 Å². The van der Waals surface area contributed by atoms with E-state index in [1.807, 2.05) is 12.1 Å². The van der Waals surface area contributed by atoms with Crippen LogP contribution >= 0.6 is 0 Å². The van der Waals surface area contributed by atoms with Gasteiger partial charge in [0.25, 0.3) is 0 Å². The van der Waals surface area contributed by atoms with Crippen LogP contribution in [0.25, 0.3) is 0 Å². The zero-order valence-corrected chi connectivity index (χ0v) is 11.1. The summed E-state index contributed by atoms with van der Waals surface area (Å²) < 4.78 is 5.50. The van der Waals surface area contributed by atoms with Crippen LogP contribution in [0.5, 0.6) is 0 Å². The maximum atomic E-state index is 8.72. The molecule has 0 atom stereocenters. The number of hydrogen-bond donors (Lipinski definition) is 1. The van der Waals surface area contributed by atoms with Crippen LogP contribution in [-0.2, 0) is 11.3 Å². The van der Waals surface area contributed by atoms with E-state index in [2.05, 4.69) is 24.1 Å². The molecule has 0 aliphatic heterocycles. The second-order valence-corrected chi connectivity index (χ2v) is 4.63. The summed E-state index contributed by atoms with van der Waals surface area (Å²) in [4.78, 5) is 3.93. The molecule has 1 heterocycles. The van der Waals surface area contributed by atoms with Gasteiger partial charge in [0.2, 0.25) is 0 Å². The Labute approximate surface area is 109 Å². The van der Waals surface area contributed by atoms with Crippen LogP contribution in [0, 0.1) is 17.2 Å². The molecule has 0 saturated heterocycles. The van der Waals surface area contributed by atoms with Crippen molar-refractivity contribution in [3.8, 4) is 6.07 Å². The Bertz CT molecular complexity index is 385. The van der Waals surface area contributed by atoms with Gasteiger partial charge in [0.05, 0.1) is 6.61 Å². The van der Waals surface area contributed by atoms with E-state index < -0.39 is 0 Å². The second kappa shape index (κ2) is 8.62. The van der Waals surface area contributed by atoms with Crippen molar-refractivity contribution >= 4 is 0 Å². The first kappa shape index (κ1) is 14.6. The van der Waals surface area contributed by atoms with Gasteiger partial charge in [-0.3, -0.25) is 0 Å². The molecule has 0 spiro atoms. The molecule has 0 aliphatic rings. The van der Waals surface area contributed by atoms with Gasteiger partial charge in [0.1, 0.15) is 11.8 Å². The number of nitriles is 1. The Kier molecular flexibility index (Phi) is 7.00. The first-order chi connectivity index (χ1) is 8.72. The van der Waals surface area contributed by atoms with Crippen LogP contribution in [0.15, 0.2) is 18.3 Å². The number of hydrogen-bond acceptors (Lipinski definition) is 4. The highest BCUT2D eigenvalue weighted by Gasteiger charge is 1.97. The SMILES string of the molecule is CC(C)CCOCCNCc1ccnc(C#N)c1. The number of nitrogens with one attached hydrogen (secondary N) is 1. The lowest BCUT2D eigenvalue weighted by atomic mass is 10.1. The molecule has 1 aromatic rings. The van der Waals surface area contributed by atoms with Crippen molar-refractivity contribution in [3.63, 3.8) is 0 Å². The van der Waals surface area contributed by atoms with Gasteiger partial charge in [-0.2, -0.15) is 5.26 Å². The number of ether oxygens (including phenoxy) is 1. The Morgan fingerprint density at radius 1 is 1.44 bits per heavy atom. The van der Waals surface area contributed by atoms with E-state index >= 15 is 0 Å². The molecule has 1 rings (SSSR count). The first-order valence-electron chi connectivity index (χ1n) is 6.36. The maximum absolute atomic E-state index is 8.72. The summed E-state index contributed by atoms with van der Waals surface area (Å²) >= 11 is 0. The molecule has 0 bridgehead atoms. The molecule has 18 heavy (non-hydrogen) atoms. The Morgan fingerprint density at radius 3 is 3.00 bits per heavy atom. The van der Waals surface area contributed by atoms with Gasteiger partial charge in [-0.15, -0.1) is 0 Å². The summed E-state index contributed by atoms with van der Waals surface area (Å²) in [7, 11) is 0. The number of rotatable bonds is 8. The van der Waals surface area contributed by atoms with Gasteiger partial charge < -0.3 is 10.1 Å². The standard InChI is InChI=1S/C14H21N3O/c1-12(2)4-7-18-8-6-16-11-13-3-5-17-14(9-13)10-15/h3,5,9,12,16H,4,6-8,11H2,1-2H3. The number of pyridine rings is 1. The maximum Gasteiger partial charge on any atom is 0.140 e. The molecule has 0 aromatic carbocycles. The molecular formula is C14H21N3O. The Balaban J connectivity index is 2.09. The van der Waals surface area contributed by atoms with Crippen molar-refractivity contribution in [2.24, 2.45) is 5.92 Å². The lowest BCUT2D eigenvalue weighted by Gasteiger charge is -2.07. The van der Waals surface area contributed by atoms with Crippen LogP contribution in [-0.4, -0.2) is 24.7 Å². The van der Waals surface area contributed by atoms with E-state index in [-0.39, 0.29) is 0 Å². The molecule has 0 saturated carbocycles. The number of aromatic nitrogens is 1. The average Bonchev–Trinajstić information content (AvgIpc) is 2.37. The molecule has 0 fully saturated rings. The monoisotopic (exact) mass is 247 g/mol. The Morgan fingerprint density at radius 2 is 2.28 bits per heavy atom.